The van der Waals surface area contributed by atoms with E-state index in [1.54, 1.807) is 0 Å². The second-order valence-corrected chi connectivity index (χ2v) is 5.59. The largest absolute Gasteiger partial charge is 0.481 e. The van der Waals surface area contributed by atoms with Crippen molar-refractivity contribution < 1.29 is 9.90 Å². The van der Waals surface area contributed by atoms with E-state index in [0.717, 1.165) is 19.3 Å². The molecule has 0 bridgehead atoms. The van der Waals surface area contributed by atoms with Gasteiger partial charge in [0.15, 0.2) is 5.16 Å². The van der Waals surface area contributed by atoms with Gasteiger partial charge in [-0.1, -0.05) is 24.6 Å². The van der Waals surface area contributed by atoms with Gasteiger partial charge in [-0.25, -0.2) is 4.98 Å². The summed E-state index contributed by atoms with van der Waals surface area (Å²) in [6.07, 6.45) is 3.45. The molecule has 1 aromatic heterocycles. The summed E-state index contributed by atoms with van der Waals surface area (Å²) in [5.41, 5.74) is 5.19. The average molecular weight is 269 g/mol. The highest BCUT2D eigenvalue weighted by atomic mass is 32.2. The van der Waals surface area contributed by atoms with E-state index in [-0.39, 0.29) is 22.5 Å². The zero-order valence-electron chi connectivity index (χ0n) is 9.76. The lowest BCUT2D eigenvalue weighted by molar-refractivity contribution is -0.142. The van der Waals surface area contributed by atoms with E-state index >= 15 is 0 Å². The number of rotatable bonds is 3. The molecule has 7 heteroatoms. The number of anilines is 1. The minimum atomic E-state index is -0.779. The molecule has 1 saturated carbocycles. The lowest BCUT2D eigenvalue weighted by Gasteiger charge is -2.27. The monoisotopic (exact) mass is 269 g/mol. The van der Waals surface area contributed by atoms with E-state index in [1.807, 2.05) is 0 Å². The van der Waals surface area contributed by atoms with Crippen molar-refractivity contribution in [3.8, 4) is 0 Å². The molecule has 2 atom stereocenters. The molecule has 0 aromatic carbocycles. The third-order valence-electron chi connectivity index (χ3n) is 3.02. The second-order valence-electron chi connectivity index (χ2n) is 4.36. The number of thioether (sulfide) groups is 1. The van der Waals surface area contributed by atoms with Gasteiger partial charge < -0.3 is 15.8 Å². The molecule has 0 aliphatic heterocycles. The number of H-pyrrole nitrogens is 1. The zero-order valence-corrected chi connectivity index (χ0v) is 10.6. The van der Waals surface area contributed by atoms with Crippen LogP contribution >= 0.6 is 11.8 Å². The summed E-state index contributed by atoms with van der Waals surface area (Å²) >= 11 is 1.30. The minimum absolute atomic E-state index is 0.0544. The molecule has 1 aliphatic carbocycles. The fourth-order valence-corrected chi connectivity index (χ4v) is 3.48. The number of carboxylic acid groups (broad SMARTS) is 1. The third-order valence-corrected chi connectivity index (χ3v) is 4.31. The van der Waals surface area contributed by atoms with Crippen molar-refractivity contribution in [2.45, 2.75) is 36.1 Å². The maximum absolute atomic E-state index is 11.3. The Morgan fingerprint density at radius 1 is 1.50 bits per heavy atom. The van der Waals surface area contributed by atoms with E-state index in [9.17, 15) is 9.59 Å². The number of hydrogen-bond donors (Lipinski definition) is 3. The van der Waals surface area contributed by atoms with Gasteiger partial charge in [-0.2, -0.15) is 0 Å². The normalized spacial score (nSPS) is 23.8. The first-order valence-electron chi connectivity index (χ1n) is 5.82. The van der Waals surface area contributed by atoms with E-state index in [4.69, 9.17) is 10.8 Å². The van der Waals surface area contributed by atoms with Crippen LogP contribution in [-0.4, -0.2) is 26.3 Å². The van der Waals surface area contributed by atoms with Crippen LogP contribution in [0, 0.1) is 5.92 Å². The summed E-state index contributed by atoms with van der Waals surface area (Å²) in [5.74, 6) is -1.00. The number of nitrogens with two attached hydrogens (primary N) is 1. The summed E-state index contributed by atoms with van der Waals surface area (Å²) in [7, 11) is 0. The number of nitrogens with zero attached hydrogens (tertiary/aromatic N) is 1. The molecule has 6 nitrogen and oxygen atoms in total. The molecule has 0 spiro atoms. The maximum atomic E-state index is 11.3. The number of carboxylic acids is 1. The Kier molecular flexibility index (Phi) is 3.90. The highest BCUT2D eigenvalue weighted by Crippen LogP contribution is 2.36. The Labute approximate surface area is 108 Å². The fraction of sp³-hybridized carbons (Fsp3) is 0.545. The van der Waals surface area contributed by atoms with Crippen LogP contribution in [0.1, 0.15) is 25.7 Å². The van der Waals surface area contributed by atoms with Gasteiger partial charge in [0, 0.05) is 11.3 Å². The van der Waals surface area contributed by atoms with Crippen LogP contribution < -0.4 is 11.3 Å². The van der Waals surface area contributed by atoms with Crippen molar-refractivity contribution in [2.75, 3.05) is 5.73 Å². The van der Waals surface area contributed by atoms with Gasteiger partial charge in [-0.3, -0.25) is 9.59 Å². The van der Waals surface area contributed by atoms with Crippen molar-refractivity contribution in [2.24, 2.45) is 5.92 Å². The van der Waals surface area contributed by atoms with Gasteiger partial charge in [0.25, 0.3) is 5.56 Å². The van der Waals surface area contributed by atoms with E-state index < -0.39 is 5.97 Å². The summed E-state index contributed by atoms with van der Waals surface area (Å²) in [5, 5.41) is 9.51. The van der Waals surface area contributed by atoms with Crippen molar-refractivity contribution in [1.82, 2.24) is 9.97 Å². The van der Waals surface area contributed by atoms with E-state index in [2.05, 4.69) is 9.97 Å². The first-order chi connectivity index (χ1) is 8.56. The quantitative estimate of drug-likeness (QED) is 0.709. The molecule has 18 heavy (non-hydrogen) atoms. The SMILES string of the molecule is Nc1cc(=O)[nH]c(SC2CCCCC2C(=O)O)n1. The molecule has 1 aliphatic rings. The number of nitrogens with one attached hydrogen (secondary N) is 1. The Hall–Kier alpha value is -1.50. The smallest absolute Gasteiger partial charge is 0.307 e. The van der Waals surface area contributed by atoms with Gasteiger partial charge in [-0.15, -0.1) is 0 Å². The van der Waals surface area contributed by atoms with E-state index in [0.29, 0.717) is 11.6 Å². The Morgan fingerprint density at radius 3 is 2.89 bits per heavy atom. The van der Waals surface area contributed by atoms with Crippen LogP contribution in [0.15, 0.2) is 16.0 Å². The van der Waals surface area contributed by atoms with E-state index in [1.165, 1.54) is 17.8 Å². The Morgan fingerprint density at radius 2 is 2.22 bits per heavy atom. The number of nitrogen functional groups attached to an aromatic ring is 1. The highest BCUT2D eigenvalue weighted by molar-refractivity contribution is 7.99. The average Bonchev–Trinajstić information content (AvgIpc) is 2.27. The summed E-state index contributed by atoms with van der Waals surface area (Å²) < 4.78 is 0. The first kappa shape index (κ1) is 12.9. The minimum Gasteiger partial charge on any atom is -0.481 e. The van der Waals surface area contributed by atoms with Crippen molar-refractivity contribution in [1.29, 1.82) is 0 Å². The summed E-state index contributed by atoms with van der Waals surface area (Å²) in [6, 6.07) is 1.21. The molecule has 2 unspecified atom stereocenters. The molecule has 0 radical (unpaired) electrons. The van der Waals surface area contributed by atoms with Crippen molar-refractivity contribution >= 4 is 23.5 Å². The van der Waals surface area contributed by atoms with Gasteiger partial charge >= 0.3 is 5.97 Å². The van der Waals surface area contributed by atoms with Crippen LogP contribution in [-0.2, 0) is 4.79 Å². The van der Waals surface area contributed by atoms with Crippen LogP contribution in [0.2, 0.25) is 0 Å². The first-order valence-corrected chi connectivity index (χ1v) is 6.70. The maximum Gasteiger partial charge on any atom is 0.307 e. The van der Waals surface area contributed by atoms with Crippen LogP contribution in [0.5, 0.6) is 0 Å². The number of hydrogen-bond acceptors (Lipinski definition) is 5. The number of aliphatic carboxylic acids is 1. The third kappa shape index (κ3) is 3.04. The molecular formula is C11H15N3O3S. The Balaban J connectivity index is 2.15. The predicted octanol–water partition coefficient (Wildman–Crippen LogP) is 1.09. The molecule has 1 aromatic rings. The number of aromatic nitrogens is 2. The Bertz CT molecular complexity index is 503. The summed E-state index contributed by atoms with van der Waals surface area (Å²) in [4.78, 5) is 29.0. The molecule has 98 valence electrons. The highest BCUT2D eigenvalue weighted by Gasteiger charge is 2.32. The topological polar surface area (TPSA) is 109 Å². The fourth-order valence-electron chi connectivity index (χ4n) is 2.17. The van der Waals surface area contributed by atoms with Crippen LogP contribution in [0.25, 0.3) is 0 Å². The lowest BCUT2D eigenvalue weighted by Crippen LogP contribution is -2.29. The van der Waals surface area contributed by atoms with Gasteiger partial charge in [-0.05, 0) is 12.8 Å². The molecule has 4 N–H and O–H groups in total. The number of aromatic amines is 1. The molecule has 2 rings (SSSR count). The summed E-state index contributed by atoms with van der Waals surface area (Å²) in [6.45, 7) is 0. The van der Waals surface area contributed by atoms with Crippen molar-refractivity contribution in [3.63, 3.8) is 0 Å². The molecule has 0 saturated heterocycles. The van der Waals surface area contributed by atoms with Crippen LogP contribution in [0.4, 0.5) is 5.82 Å². The van der Waals surface area contributed by atoms with Gasteiger partial charge in [0.2, 0.25) is 0 Å². The molecule has 1 fully saturated rings. The molecule has 1 heterocycles. The van der Waals surface area contributed by atoms with Gasteiger partial charge in [0.1, 0.15) is 5.82 Å². The van der Waals surface area contributed by atoms with Gasteiger partial charge in [0.05, 0.1) is 5.92 Å². The standard InChI is InChI=1S/C11H15N3O3S/c12-8-5-9(15)14-11(13-8)18-7-4-2-1-3-6(7)10(16)17/h5-7H,1-4H2,(H,16,17)(H3,12,13,14,15). The lowest BCUT2D eigenvalue weighted by atomic mass is 9.89. The second kappa shape index (κ2) is 5.43. The predicted molar refractivity (Wildman–Crippen MR) is 68.5 cm³/mol. The zero-order chi connectivity index (χ0) is 13.1. The molecule has 0 amide bonds. The van der Waals surface area contributed by atoms with Crippen molar-refractivity contribution in [3.05, 3.63) is 16.4 Å². The van der Waals surface area contributed by atoms with Crippen LogP contribution in [0.3, 0.4) is 0 Å². The molecular weight excluding hydrogens is 254 g/mol. The number of carbonyl (C=O) groups is 1.